The number of imidazole rings is 1. The van der Waals surface area contributed by atoms with E-state index in [1.165, 1.54) is 0 Å². The van der Waals surface area contributed by atoms with E-state index in [4.69, 9.17) is 0 Å². The fourth-order valence-electron chi connectivity index (χ4n) is 3.62. The Morgan fingerprint density at radius 1 is 1.31 bits per heavy atom. The Balaban J connectivity index is 1.51. The van der Waals surface area contributed by atoms with Gasteiger partial charge in [0, 0.05) is 37.4 Å². The number of H-pyrrole nitrogens is 1. The van der Waals surface area contributed by atoms with Crippen LogP contribution in [0.15, 0.2) is 42.7 Å². The highest BCUT2D eigenvalue weighted by Crippen LogP contribution is 2.22. The van der Waals surface area contributed by atoms with Gasteiger partial charge in [0.15, 0.2) is 0 Å². The minimum absolute atomic E-state index is 0.0468. The van der Waals surface area contributed by atoms with E-state index in [0.717, 1.165) is 48.5 Å². The summed E-state index contributed by atoms with van der Waals surface area (Å²) in [6.07, 6.45) is 3.71. The van der Waals surface area contributed by atoms with Gasteiger partial charge >= 0.3 is 0 Å². The molecule has 0 aliphatic carbocycles. The van der Waals surface area contributed by atoms with Gasteiger partial charge in [0.1, 0.15) is 5.82 Å². The van der Waals surface area contributed by atoms with E-state index in [1.54, 1.807) is 6.33 Å². The first-order valence-corrected chi connectivity index (χ1v) is 9.01. The monoisotopic (exact) mass is 349 g/mol. The first-order chi connectivity index (χ1) is 12.6. The van der Waals surface area contributed by atoms with Crippen molar-refractivity contribution < 1.29 is 4.79 Å². The second-order valence-electron chi connectivity index (χ2n) is 6.93. The lowest BCUT2D eigenvalue weighted by molar-refractivity contribution is 0.0717. The van der Waals surface area contributed by atoms with Crippen molar-refractivity contribution in [1.29, 1.82) is 0 Å². The number of hydrogen-bond acceptors (Lipinski definition) is 4. The molecule has 1 atom stereocenters. The number of amides is 1. The van der Waals surface area contributed by atoms with Gasteiger partial charge in [0.2, 0.25) is 0 Å². The van der Waals surface area contributed by atoms with Gasteiger partial charge in [-0.2, -0.15) is 0 Å². The van der Waals surface area contributed by atoms with Gasteiger partial charge in [-0.05, 0) is 50.1 Å². The first kappa shape index (κ1) is 16.6. The van der Waals surface area contributed by atoms with Crippen LogP contribution in [0.3, 0.4) is 0 Å². The number of fused-ring (bicyclic) bond motifs is 1. The summed E-state index contributed by atoms with van der Waals surface area (Å²) in [7, 11) is 1.90. The maximum atomic E-state index is 13.0. The standard InChI is InChI=1S/C20H23N5O/c1-14-5-3-7-19(23-14)25-10-4-6-16(12-25)24(2)20(26)15-8-9-17-18(11-15)22-13-21-17/h3,5,7-9,11,13,16H,4,6,10,12H2,1-2H3,(H,21,22). The van der Waals surface area contributed by atoms with Gasteiger partial charge in [-0.3, -0.25) is 4.79 Å². The normalized spacial score (nSPS) is 17.5. The molecule has 1 amide bonds. The summed E-state index contributed by atoms with van der Waals surface area (Å²) < 4.78 is 0. The second kappa shape index (κ2) is 6.78. The largest absolute Gasteiger partial charge is 0.355 e. The molecule has 3 heterocycles. The number of carbonyl (C=O) groups is 1. The molecule has 4 rings (SSSR count). The Morgan fingerprint density at radius 2 is 2.19 bits per heavy atom. The quantitative estimate of drug-likeness (QED) is 0.789. The summed E-state index contributed by atoms with van der Waals surface area (Å²) in [6.45, 7) is 3.80. The van der Waals surface area contributed by atoms with E-state index in [-0.39, 0.29) is 11.9 Å². The second-order valence-corrected chi connectivity index (χ2v) is 6.93. The van der Waals surface area contributed by atoms with Crippen molar-refractivity contribution in [3.63, 3.8) is 0 Å². The van der Waals surface area contributed by atoms with Crippen LogP contribution in [-0.2, 0) is 0 Å². The zero-order chi connectivity index (χ0) is 18.1. The molecular weight excluding hydrogens is 326 g/mol. The Labute approximate surface area is 152 Å². The average Bonchev–Trinajstić information content (AvgIpc) is 3.14. The van der Waals surface area contributed by atoms with Gasteiger partial charge in [0.05, 0.1) is 17.4 Å². The molecule has 3 aromatic rings. The number of benzene rings is 1. The molecule has 6 heteroatoms. The smallest absolute Gasteiger partial charge is 0.253 e. The summed E-state index contributed by atoms with van der Waals surface area (Å²) >= 11 is 0. The fourth-order valence-corrected chi connectivity index (χ4v) is 3.62. The Morgan fingerprint density at radius 3 is 3.04 bits per heavy atom. The third kappa shape index (κ3) is 3.14. The summed E-state index contributed by atoms with van der Waals surface area (Å²) in [5.74, 6) is 1.04. The number of piperidine rings is 1. The number of hydrogen-bond donors (Lipinski definition) is 1. The van der Waals surface area contributed by atoms with Gasteiger partial charge in [-0.25, -0.2) is 9.97 Å². The van der Waals surface area contributed by atoms with Gasteiger partial charge < -0.3 is 14.8 Å². The van der Waals surface area contributed by atoms with Crippen molar-refractivity contribution in [3.8, 4) is 0 Å². The van der Waals surface area contributed by atoms with Crippen LogP contribution in [0, 0.1) is 6.92 Å². The number of nitrogens with zero attached hydrogens (tertiary/aromatic N) is 4. The number of aromatic nitrogens is 3. The zero-order valence-corrected chi connectivity index (χ0v) is 15.1. The average molecular weight is 349 g/mol. The van der Waals surface area contributed by atoms with Crippen LogP contribution < -0.4 is 4.90 Å². The Bertz CT molecular complexity index is 935. The van der Waals surface area contributed by atoms with Gasteiger partial charge in [-0.1, -0.05) is 6.07 Å². The summed E-state index contributed by atoms with van der Waals surface area (Å²) in [4.78, 5) is 29.0. The maximum absolute atomic E-state index is 13.0. The molecule has 6 nitrogen and oxygen atoms in total. The molecule has 2 aromatic heterocycles. The highest BCUT2D eigenvalue weighted by Gasteiger charge is 2.27. The van der Waals surface area contributed by atoms with E-state index in [1.807, 2.05) is 55.3 Å². The number of rotatable bonds is 3. The summed E-state index contributed by atoms with van der Waals surface area (Å²) in [5, 5.41) is 0. The lowest BCUT2D eigenvalue weighted by Gasteiger charge is -2.38. The molecule has 1 aliphatic rings. The van der Waals surface area contributed by atoms with E-state index >= 15 is 0 Å². The summed E-state index contributed by atoms with van der Waals surface area (Å²) in [6, 6.07) is 11.9. The third-order valence-electron chi connectivity index (χ3n) is 5.13. The molecule has 0 saturated carbocycles. The fraction of sp³-hybridized carbons (Fsp3) is 0.350. The molecule has 0 bridgehead atoms. The Kier molecular flexibility index (Phi) is 4.32. The minimum Gasteiger partial charge on any atom is -0.355 e. The number of pyridine rings is 1. The van der Waals surface area contributed by atoms with Crippen LogP contribution in [-0.4, -0.2) is 51.9 Å². The minimum atomic E-state index is 0.0468. The molecule has 1 aliphatic heterocycles. The molecule has 1 unspecified atom stereocenters. The molecule has 1 aromatic carbocycles. The SMILES string of the molecule is Cc1cccc(N2CCCC(N(C)C(=O)c3ccc4nc[nH]c4c3)C2)n1. The van der Waals surface area contributed by atoms with Crippen LogP contribution in [0.1, 0.15) is 28.9 Å². The van der Waals surface area contributed by atoms with Crippen LogP contribution in [0.25, 0.3) is 11.0 Å². The predicted molar refractivity (Wildman–Crippen MR) is 102 cm³/mol. The molecule has 1 N–H and O–H groups in total. The lowest BCUT2D eigenvalue weighted by atomic mass is 10.0. The molecule has 1 saturated heterocycles. The van der Waals surface area contributed by atoms with Crippen molar-refractivity contribution in [2.75, 3.05) is 25.0 Å². The van der Waals surface area contributed by atoms with Crippen molar-refractivity contribution in [2.24, 2.45) is 0 Å². The molecular formula is C20H23N5O. The van der Waals surface area contributed by atoms with Crippen LogP contribution in [0.2, 0.25) is 0 Å². The van der Waals surface area contributed by atoms with Gasteiger partial charge in [-0.15, -0.1) is 0 Å². The van der Waals surface area contributed by atoms with Crippen molar-refractivity contribution in [2.45, 2.75) is 25.8 Å². The van der Waals surface area contributed by atoms with Crippen LogP contribution in [0.5, 0.6) is 0 Å². The van der Waals surface area contributed by atoms with Crippen molar-refractivity contribution in [1.82, 2.24) is 19.9 Å². The first-order valence-electron chi connectivity index (χ1n) is 9.01. The highest BCUT2D eigenvalue weighted by molar-refractivity contribution is 5.97. The van der Waals surface area contributed by atoms with E-state index < -0.39 is 0 Å². The zero-order valence-electron chi connectivity index (χ0n) is 15.1. The Hall–Kier alpha value is -2.89. The number of carbonyl (C=O) groups excluding carboxylic acids is 1. The highest BCUT2D eigenvalue weighted by atomic mass is 16.2. The van der Waals surface area contributed by atoms with E-state index in [2.05, 4.69) is 19.9 Å². The van der Waals surface area contributed by atoms with E-state index in [0.29, 0.717) is 5.56 Å². The molecule has 134 valence electrons. The van der Waals surface area contributed by atoms with Crippen LogP contribution >= 0.6 is 0 Å². The lowest BCUT2D eigenvalue weighted by Crippen LogP contribution is -2.48. The molecule has 0 radical (unpaired) electrons. The molecule has 26 heavy (non-hydrogen) atoms. The van der Waals surface area contributed by atoms with Gasteiger partial charge in [0.25, 0.3) is 5.91 Å². The number of anilines is 1. The number of aryl methyl sites for hydroxylation is 1. The van der Waals surface area contributed by atoms with Crippen molar-refractivity contribution >= 4 is 22.8 Å². The van der Waals surface area contributed by atoms with E-state index in [9.17, 15) is 4.79 Å². The number of aromatic amines is 1. The summed E-state index contributed by atoms with van der Waals surface area (Å²) in [5.41, 5.74) is 3.47. The molecule has 1 fully saturated rings. The number of nitrogens with one attached hydrogen (secondary N) is 1. The molecule has 0 spiro atoms. The topological polar surface area (TPSA) is 65.1 Å². The third-order valence-corrected chi connectivity index (χ3v) is 5.13. The van der Waals surface area contributed by atoms with Crippen LogP contribution in [0.4, 0.5) is 5.82 Å². The number of likely N-dealkylation sites (N-methyl/N-ethyl adjacent to an activating group) is 1. The maximum Gasteiger partial charge on any atom is 0.253 e. The predicted octanol–water partition coefficient (Wildman–Crippen LogP) is 3.01. The van der Waals surface area contributed by atoms with Crippen molar-refractivity contribution in [3.05, 3.63) is 54.0 Å².